The molecule has 9 rings (SSSR count). The summed E-state index contributed by atoms with van der Waals surface area (Å²) in [6.07, 6.45) is -1.56. The number of anilines is 1. The first kappa shape index (κ1) is 45.3. The number of nitrogens with zero attached hydrogens (tertiary/aromatic N) is 3. The van der Waals surface area contributed by atoms with Gasteiger partial charge in [0, 0.05) is 25.8 Å². The number of phenols is 1. The fraction of sp³-hybridized carbons (Fsp3) is 0.288. The molecule has 0 aromatic heterocycles. The van der Waals surface area contributed by atoms with E-state index < -0.39 is 65.5 Å². The second-order valence-electron chi connectivity index (χ2n) is 16.8. The minimum absolute atomic E-state index is 0.0330. The van der Waals surface area contributed by atoms with E-state index in [1.165, 1.54) is 26.4 Å². The van der Waals surface area contributed by atoms with E-state index in [4.69, 9.17) is 29.4 Å². The Morgan fingerprint density at radius 2 is 1.50 bits per heavy atom. The predicted molar refractivity (Wildman–Crippen MR) is 246 cm³/mol. The molecule has 0 radical (unpaired) electrons. The third kappa shape index (κ3) is 7.78. The number of carbonyl (C=O) groups is 5. The molecule has 5 aromatic rings. The Morgan fingerprint density at radius 3 is 2.16 bits per heavy atom. The van der Waals surface area contributed by atoms with Crippen molar-refractivity contribution >= 4 is 35.6 Å². The number of amides is 5. The van der Waals surface area contributed by atoms with E-state index in [1.54, 1.807) is 42.3 Å². The number of imide groups is 1. The highest BCUT2D eigenvalue weighted by molar-refractivity contribution is 6.23. The summed E-state index contributed by atoms with van der Waals surface area (Å²) in [5, 5.41) is 13.2. The molecule has 4 heterocycles. The van der Waals surface area contributed by atoms with Crippen molar-refractivity contribution in [3.63, 3.8) is 0 Å². The molecule has 0 aliphatic carbocycles. The van der Waals surface area contributed by atoms with Crippen LogP contribution in [0.2, 0.25) is 0 Å². The molecule has 0 saturated carbocycles. The Kier molecular flexibility index (Phi) is 12.5. The number of cyclic esters (lactones) is 1. The van der Waals surface area contributed by atoms with Crippen molar-refractivity contribution in [2.75, 3.05) is 52.5 Å². The largest absolute Gasteiger partial charge is 0.508 e. The molecule has 5 aromatic carbocycles. The number of nitrogens with one attached hydrogen (secondary N) is 1. The first-order valence-electron chi connectivity index (χ1n) is 22.1. The number of ether oxygens (including phenoxy) is 5. The molecule has 6 unspecified atom stereocenters. The average molecular weight is 920 g/mol. The second-order valence-corrected chi connectivity index (χ2v) is 16.8. The number of nitrogens with two attached hydrogens (primary N) is 1. The maximum absolute atomic E-state index is 16.4. The van der Waals surface area contributed by atoms with Gasteiger partial charge in [-0.15, -0.1) is 0 Å². The lowest BCUT2D eigenvalue weighted by molar-refractivity contribution is -0.179. The van der Waals surface area contributed by atoms with Gasteiger partial charge in [0.15, 0.2) is 11.5 Å². The quantitative estimate of drug-likeness (QED) is 0.0910. The molecular formula is C52H49N5O11. The molecule has 4 aliphatic rings. The molecule has 1 spiro atoms. The third-order valence-corrected chi connectivity index (χ3v) is 13.2. The van der Waals surface area contributed by atoms with Crippen LogP contribution in [-0.4, -0.2) is 98.5 Å². The van der Waals surface area contributed by atoms with Gasteiger partial charge in [0.2, 0.25) is 11.8 Å². The Morgan fingerprint density at radius 1 is 0.824 bits per heavy atom. The van der Waals surface area contributed by atoms with Crippen LogP contribution in [0.3, 0.4) is 0 Å². The molecule has 348 valence electrons. The lowest BCUT2D eigenvalue weighted by Crippen LogP contribution is -2.57. The van der Waals surface area contributed by atoms with E-state index in [-0.39, 0.29) is 49.8 Å². The van der Waals surface area contributed by atoms with Crippen molar-refractivity contribution < 1.29 is 52.8 Å². The monoisotopic (exact) mass is 919 g/mol. The number of carbonyl (C=O) groups excluding carboxylic acids is 5. The smallest absolute Gasteiger partial charge is 0.421 e. The zero-order chi connectivity index (χ0) is 47.7. The summed E-state index contributed by atoms with van der Waals surface area (Å²) in [5.74, 6) is 3.19. The molecule has 2 saturated heterocycles. The zero-order valence-corrected chi connectivity index (χ0v) is 37.5. The van der Waals surface area contributed by atoms with Gasteiger partial charge < -0.3 is 44.7 Å². The number of aromatic hydroxyl groups is 1. The summed E-state index contributed by atoms with van der Waals surface area (Å²) in [6, 6.07) is 29.3. The summed E-state index contributed by atoms with van der Waals surface area (Å²) in [7, 11) is 4.53. The molecule has 16 nitrogen and oxygen atoms in total. The van der Waals surface area contributed by atoms with Gasteiger partial charge in [-0.3, -0.25) is 19.3 Å². The number of benzene rings is 5. The molecule has 0 bridgehead atoms. The van der Waals surface area contributed by atoms with Gasteiger partial charge >= 0.3 is 18.1 Å². The van der Waals surface area contributed by atoms with Crippen LogP contribution >= 0.6 is 0 Å². The Bertz CT molecular complexity index is 2830. The molecule has 5 amide bonds. The summed E-state index contributed by atoms with van der Waals surface area (Å²) in [5.41, 5.74) is 7.51. The third-order valence-electron chi connectivity index (χ3n) is 13.2. The van der Waals surface area contributed by atoms with Gasteiger partial charge in [0.1, 0.15) is 29.9 Å². The molecular weight excluding hydrogens is 871 g/mol. The first-order valence-corrected chi connectivity index (χ1v) is 22.1. The van der Waals surface area contributed by atoms with Crippen LogP contribution in [0, 0.1) is 17.8 Å². The summed E-state index contributed by atoms with van der Waals surface area (Å²) in [4.78, 5) is 78.7. The van der Waals surface area contributed by atoms with E-state index in [0.717, 1.165) is 21.6 Å². The zero-order valence-electron chi connectivity index (χ0n) is 37.5. The number of urea groups is 1. The Balaban J connectivity index is 1.33. The minimum Gasteiger partial charge on any atom is -0.508 e. The molecule has 4 N–H and O–H groups in total. The van der Waals surface area contributed by atoms with Crippen molar-refractivity contribution in [1.29, 1.82) is 0 Å². The van der Waals surface area contributed by atoms with Gasteiger partial charge in [0.25, 0.3) is 0 Å². The Hall–Kier alpha value is -7.87. The van der Waals surface area contributed by atoms with Crippen LogP contribution in [0.25, 0.3) is 0 Å². The number of methoxy groups -OCH3 is 3. The van der Waals surface area contributed by atoms with Crippen LogP contribution in [0.15, 0.2) is 115 Å². The van der Waals surface area contributed by atoms with Crippen molar-refractivity contribution in [3.05, 3.63) is 154 Å². The van der Waals surface area contributed by atoms with Crippen molar-refractivity contribution in [2.45, 2.75) is 42.6 Å². The fourth-order valence-electron chi connectivity index (χ4n) is 10.4. The standard InChI is InChI=1S/C52H49N5O11/c1-64-25-26-67-51(63)56-39-21-16-31(11-10-23-54-50(53)62)27-38(39)52(49(56)61)42(47(59)55-24-22-35-28-40(65-2)41(66-3)29-36(35)30-55)44-48(60)68-45(33-14-8-5-9-15-33)43(32-12-6-4-7-13-32)57(44)46(52)34-17-19-37(58)20-18-34/h4-9,12-21,27-29,42-46,58H,22-26,30H2,1-3H3,(H3,53,54,62). The summed E-state index contributed by atoms with van der Waals surface area (Å²) < 4.78 is 28.7. The van der Waals surface area contributed by atoms with Gasteiger partial charge in [-0.05, 0) is 82.3 Å². The molecule has 68 heavy (non-hydrogen) atoms. The summed E-state index contributed by atoms with van der Waals surface area (Å²) >= 11 is 0. The average Bonchev–Trinajstić information content (AvgIpc) is 3.81. The van der Waals surface area contributed by atoms with Crippen molar-refractivity contribution in [2.24, 2.45) is 11.7 Å². The Labute approximate surface area is 392 Å². The SMILES string of the molecule is COCCOC(=O)N1C(=O)C2(c3cc(C#CCNC(N)=O)ccc31)C(C(=O)N1CCc3cc(OC)c(OC)cc3C1)C1C(=O)OC(c3ccccc3)C(c3ccccc3)N1C2c1ccc(O)cc1. The number of morpholine rings is 1. The van der Waals surface area contributed by atoms with Gasteiger partial charge in [-0.25, -0.2) is 14.5 Å². The predicted octanol–water partition coefficient (Wildman–Crippen LogP) is 5.46. The lowest BCUT2D eigenvalue weighted by atomic mass is 9.64. The number of hydrogen-bond acceptors (Lipinski definition) is 12. The second kappa shape index (κ2) is 18.8. The summed E-state index contributed by atoms with van der Waals surface area (Å²) in [6.45, 7) is 0.0323. The number of rotatable bonds is 10. The molecule has 2 fully saturated rings. The van der Waals surface area contributed by atoms with Gasteiger partial charge in [0.05, 0.1) is 51.1 Å². The van der Waals surface area contributed by atoms with E-state index in [1.807, 2.05) is 77.7 Å². The van der Waals surface area contributed by atoms with Crippen LogP contribution in [0.5, 0.6) is 17.2 Å². The van der Waals surface area contributed by atoms with Crippen LogP contribution in [0.1, 0.15) is 57.1 Å². The number of esters is 1. The number of hydrogen-bond donors (Lipinski definition) is 3. The van der Waals surface area contributed by atoms with E-state index in [9.17, 15) is 14.7 Å². The van der Waals surface area contributed by atoms with Crippen LogP contribution in [0.4, 0.5) is 15.3 Å². The van der Waals surface area contributed by atoms with Crippen molar-refractivity contribution in [1.82, 2.24) is 15.1 Å². The van der Waals surface area contributed by atoms with Gasteiger partial charge in [-0.1, -0.05) is 84.6 Å². The van der Waals surface area contributed by atoms with Crippen molar-refractivity contribution in [3.8, 4) is 29.1 Å². The molecule has 6 atom stereocenters. The minimum atomic E-state index is -2.09. The highest BCUT2D eigenvalue weighted by Gasteiger charge is 2.76. The van der Waals surface area contributed by atoms with E-state index in [2.05, 4.69) is 17.2 Å². The maximum atomic E-state index is 16.4. The highest BCUT2D eigenvalue weighted by atomic mass is 16.6. The molecule has 16 heteroatoms. The number of fused-ring (bicyclic) bond motifs is 4. The topological polar surface area (TPSA) is 199 Å². The van der Waals surface area contributed by atoms with Gasteiger partial charge in [-0.2, -0.15) is 0 Å². The number of phenolic OH excluding ortho intramolecular Hbond substituents is 1. The normalized spacial score (nSPS) is 22.5. The highest BCUT2D eigenvalue weighted by Crippen LogP contribution is 2.66. The first-order chi connectivity index (χ1) is 33.0. The molecule has 4 aliphatic heterocycles. The van der Waals surface area contributed by atoms with Crippen LogP contribution in [-0.2, 0) is 47.0 Å². The number of primary amides is 1. The van der Waals surface area contributed by atoms with E-state index in [0.29, 0.717) is 34.6 Å². The maximum Gasteiger partial charge on any atom is 0.421 e. The van der Waals surface area contributed by atoms with E-state index >= 15 is 14.4 Å². The lowest BCUT2D eigenvalue weighted by Gasteiger charge is -2.46. The fourth-order valence-corrected chi connectivity index (χ4v) is 10.4. The van der Waals surface area contributed by atoms with Crippen LogP contribution < -0.4 is 25.4 Å².